The van der Waals surface area contributed by atoms with Crippen molar-refractivity contribution in [2.45, 2.75) is 38.6 Å². The van der Waals surface area contributed by atoms with Gasteiger partial charge in [0.05, 0.1) is 5.56 Å². The van der Waals surface area contributed by atoms with Crippen LogP contribution in [-0.2, 0) is 0 Å². The lowest BCUT2D eigenvalue weighted by molar-refractivity contribution is 0.0939. The molecule has 0 heterocycles. The van der Waals surface area contributed by atoms with Crippen molar-refractivity contribution in [2.75, 3.05) is 0 Å². The minimum Gasteiger partial charge on any atom is -0.358 e. The fraction of sp³-hybridized carbons (Fsp3) is 0.467. The summed E-state index contributed by atoms with van der Waals surface area (Å²) in [5, 5.41) is 3.56. The molecule has 21 heavy (non-hydrogen) atoms. The normalized spacial score (nSPS) is 21.4. The molecule has 0 aliphatic heterocycles. The molecule has 1 aromatic rings. The maximum absolute atomic E-state index is 13.5. The van der Waals surface area contributed by atoms with Gasteiger partial charge < -0.3 is 5.32 Å². The molecule has 6 heteroatoms. The van der Waals surface area contributed by atoms with Gasteiger partial charge in [-0.2, -0.15) is 0 Å². The monoisotopic (exact) mass is 309 g/mol. The van der Waals surface area contributed by atoms with Crippen molar-refractivity contribution in [3.8, 4) is 0 Å². The molecule has 0 aromatic heterocycles. The minimum absolute atomic E-state index is 0.0150. The SMILES string of the molecule is C[C@@H]1CCCC[C@@H]1NC(=S)NNC(=O)c1ccccc1F. The van der Waals surface area contributed by atoms with Crippen LogP contribution in [0, 0.1) is 11.7 Å². The number of thiocarbonyl (C=S) groups is 1. The zero-order valence-corrected chi connectivity index (χ0v) is 12.8. The Morgan fingerprint density at radius 2 is 1.95 bits per heavy atom. The molecular weight excluding hydrogens is 289 g/mol. The van der Waals surface area contributed by atoms with Crippen LogP contribution in [0.4, 0.5) is 4.39 Å². The number of hydrazine groups is 1. The molecule has 4 nitrogen and oxygen atoms in total. The van der Waals surface area contributed by atoms with Crippen LogP contribution in [0.15, 0.2) is 24.3 Å². The first kappa shape index (κ1) is 15.7. The average Bonchev–Trinajstić information content (AvgIpc) is 2.48. The highest BCUT2D eigenvalue weighted by Crippen LogP contribution is 2.23. The predicted molar refractivity (Wildman–Crippen MR) is 84.2 cm³/mol. The smallest absolute Gasteiger partial charge is 0.272 e. The lowest BCUT2D eigenvalue weighted by Crippen LogP contribution is -2.51. The molecule has 0 saturated heterocycles. The van der Waals surface area contributed by atoms with Gasteiger partial charge >= 0.3 is 0 Å². The van der Waals surface area contributed by atoms with Crippen LogP contribution in [0.25, 0.3) is 0 Å². The van der Waals surface area contributed by atoms with Crippen molar-refractivity contribution in [1.29, 1.82) is 0 Å². The van der Waals surface area contributed by atoms with Gasteiger partial charge in [0.15, 0.2) is 5.11 Å². The van der Waals surface area contributed by atoms with E-state index in [-0.39, 0.29) is 5.56 Å². The molecule has 0 bridgehead atoms. The molecule has 1 aliphatic carbocycles. The summed E-state index contributed by atoms with van der Waals surface area (Å²) in [6, 6.07) is 6.14. The van der Waals surface area contributed by atoms with Gasteiger partial charge in [0, 0.05) is 6.04 Å². The van der Waals surface area contributed by atoms with Crippen molar-refractivity contribution in [3.63, 3.8) is 0 Å². The quantitative estimate of drug-likeness (QED) is 0.580. The number of hydrogen-bond donors (Lipinski definition) is 3. The number of amides is 1. The first-order valence-electron chi connectivity index (χ1n) is 7.19. The summed E-state index contributed by atoms with van der Waals surface area (Å²) < 4.78 is 13.5. The van der Waals surface area contributed by atoms with Gasteiger partial charge in [-0.15, -0.1) is 0 Å². The number of hydrogen-bond acceptors (Lipinski definition) is 2. The van der Waals surface area contributed by atoms with Gasteiger partial charge in [-0.25, -0.2) is 4.39 Å². The molecule has 2 atom stereocenters. The van der Waals surface area contributed by atoms with Gasteiger partial charge in [0.25, 0.3) is 5.91 Å². The van der Waals surface area contributed by atoms with Crippen LogP contribution in [0.5, 0.6) is 0 Å². The van der Waals surface area contributed by atoms with Crippen LogP contribution in [-0.4, -0.2) is 17.1 Å². The molecule has 0 radical (unpaired) electrons. The topological polar surface area (TPSA) is 53.2 Å². The van der Waals surface area contributed by atoms with E-state index in [0.717, 1.165) is 6.42 Å². The Labute approximate surface area is 129 Å². The number of rotatable bonds is 2. The van der Waals surface area contributed by atoms with E-state index in [4.69, 9.17) is 12.2 Å². The van der Waals surface area contributed by atoms with Crippen LogP contribution in [0.3, 0.4) is 0 Å². The van der Waals surface area contributed by atoms with Gasteiger partial charge in [-0.05, 0) is 43.1 Å². The molecule has 0 unspecified atom stereocenters. The minimum atomic E-state index is -0.559. The zero-order chi connectivity index (χ0) is 15.2. The highest BCUT2D eigenvalue weighted by atomic mass is 32.1. The fourth-order valence-corrected chi connectivity index (χ4v) is 2.76. The fourth-order valence-electron chi connectivity index (χ4n) is 2.56. The van der Waals surface area contributed by atoms with Crippen LogP contribution in [0.1, 0.15) is 43.0 Å². The number of benzene rings is 1. The molecule has 1 fully saturated rings. The number of halogens is 1. The molecule has 1 aromatic carbocycles. The van der Waals surface area contributed by atoms with E-state index in [2.05, 4.69) is 23.1 Å². The van der Waals surface area contributed by atoms with E-state index >= 15 is 0 Å². The van der Waals surface area contributed by atoms with Crippen LogP contribution in [0.2, 0.25) is 0 Å². The molecule has 3 N–H and O–H groups in total. The van der Waals surface area contributed by atoms with Crippen molar-refractivity contribution >= 4 is 23.2 Å². The molecule has 1 saturated carbocycles. The van der Waals surface area contributed by atoms with Gasteiger partial charge in [0.2, 0.25) is 0 Å². The van der Waals surface area contributed by atoms with Gasteiger partial charge in [0.1, 0.15) is 5.82 Å². The predicted octanol–water partition coefficient (Wildman–Crippen LogP) is 2.51. The Hall–Kier alpha value is -1.69. The summed E-state index contributed by atoms with van der Waals surface area (Å²) >= 11 is 5.16. The van der Waals surface area contributed by atoms with E-state index in [1.165, 1.54) is 37.5 Å². The van der Waals surface area contributed by atoms with Gasteiger partial charge in [-0.3, -0.25) is 15.6 Å². The lowest BCUT2D eigenvalue weighted by Gasteiger charge is -2.30. The Kier molecular flexibility index (Phi) is 5.50. The highest BCUT2D eigenvalue weighted by molar-refractivity contribution is 7.80. The van der Waals surface area contributed by atoms with Crippen LogP contribution < -0.4 is 16.2 Å². The third-order valence-electron chi connectivity index (χ3n) is 3.84. The van der Waals surface area contributed by atoms with Crippen LogP contribution >= 0.6 is 12.2 Å². The molecule has 2 rings (SSSR count). The van der Waals surface area contributed by atoms with E-state index in [1.54, 1.807) is 6.07 Å². The highest BCUT2D eigenvalue weighted by Gasteiger charge is 2.21. The third-order valence-corrected chi connectivity index (χ3v) is 4.06. The molecular formula is C15H20FN3OS. The first-order valence-corrected chi connectivity index (χ1v) is 7.60. The van der Waals surface area contributed by atoms with E-state index in [1.807, 2.05) is 0 Å². The third kappa shape index (κ3) is 4.39. The second-order valence-corrected chi connectivity index (χ2v) is 5.81. The summed E-state index contributed by atoms with van der Waals surface area (Å²) in [5.41, 5.74) is 5.03. The maximum Gasteiger partial charge on any atom is 0.272 e. The number of carbonyl (C=O) groups excluding carboxylic acids is 1. The van der Waals surface area contributed by atoms with E-state index in [9.17, 15) is 9.18 Å². The first-order chi connectivity index (χ1) is 10.1. The molecule has 0 spiro atoms. The molecule has 114 valence electrons. The number of carbonyl (C=O) groups is 1. The summed E-state index contributed by atoms with van der Waals surface area (Å²) in [6.07, 6.45) is 4.70. The maximum atomic E-state index is 13.5. The largest absolute Gasteiger partial charge is 0.358 e. The van der Waals surface area contributed by atoms with Crippen molar-refractivity contribution in [1.82, 2.24) is 16.2 Å². The Bertz CT molecular complexity index is 523. The number of nitrogens with one attached hydrogen (secondary N) is 3. The summed E-state index contributed by atoms with van der Waals surface area (Å²) in [7, 11) is 0. The van der Waals surface area contributed by atoms with E-state index in [0.29, 0.717) is 17.1 Å². The second kappa shape index (κ2) is 7.36. The summed E-state index contributed by atoms with van der Waals surface area (Å²) in [5.74, 6) is -0.550. The van der Waals surface area contributed by atoms with Crippen molar-refractivity contribution in [3.05, 3.63) is 35.6 Å². The Morgan fingerprint density at radius 1 is 1.24 bits per heavy atom. The second-order valence-electron chi connectivity index (χ2n) is 5.40. The van der Waals surface area contributed by atoms with Crippen molar-refractivity contribution < 1.29 is 9.18 Å². The standard InChI is InChI=1S/C15H20FN3OS/c1-10-6-2-5-9-13(10)17-15(21)19-18-14(20)11-7-3-4-8-12(11)16/h3-4,7-8,10,13H,2,5-6,9H2,1H3,(H,18,20)(H2,17,19,21)/t10-,13+/m1/s1. The summed E-state index contributed by atoms with van der Waals surface area (Å²) in [6.45, 7) is 2.19. The molecule has 1 amide bonds. The Balaban J connectivity index is 1.81. The molecule has 1 aliphatic rings. The van der Waals surface area contributed by atoms with Crippen molar-refractivity contribution in [2.24, 2.45) is 5.92 Å². The lowest BCUT2D eigenvalue weighted by atomic mass is 9.86. The Morgan fingerprint density at radius 3 is 2.67 bits per heavy atom. The van der Waals surface area contributed by atoms with Gasteiger partial charge in [-0.1, -0.05) is 31.9 Å². The average molecular weight is 309 g/mol. The van der Waals surface area contributed by atoms with E-state index < -0.39 is 11.7 Å². The zero-order valence-electron chi connectivity index (χ0n) is 12.0. The summed E-state index contributed by atoms with van der Waals surface area (Å²) in [4.78, 5) is 11.8.